The van der Waals surface area contributed by atoms with Gasteiger partial charge >= 0.3 is 5.97 Å². The van der Waals surface area contributed by atoms with E-state index >= 15 is 0 Å². The molecular weight excluding hydrogens is 333 g/mol. The number of nitrogens with one attached hydrogen (secondary N) is 1. The van der Waals surface area contributed by atoms with Gasteiger partial charge < -0.3 is 10.1 Å². The number of carbonyl (C=O) groups excluding carboxylic acids is 2. The van der Waals surface area contributed by atoms with Gasteiger partial charge in [-0.05, 0) is 5.92 Å². The van der Waals surface area contributed by atoms with Crippen LogP contribution in [-0.2, 0) is 20.9 Å². The average Bonchev–Trinajstić information content (AvgIpc) is 2.51. The van der Waals surface area contributed by atoms with E-state index in [9.17, 15) is 14.4 Å². The zero-order valence-electron chi connectivity index (χ0n) is 12.4. The summed E-state index contributed by atoms with van der Waals surface area (Å²) in [5, 5.41) is 6.06. The molecule has 1 heterocycles. The van der Waals surface area contributed by atoms with E-state index in [0.717, 1.165) is 4.68 Å². The van der Waals surface area contributed by atoms with Gasteiger partial charge in [-0.2, -0.15) is 5.10 Å². The predicted molar refractivity (Wildman–Crippen MR) is 81.9 cm³/mol. The van der Waals surface area contributed by atoms with Crippen LogP contribution >= 0.6 is 23.2 Å². The molecule has 1 aromatic heterocycles. The highest BCUT2D eigenvalue weighted by Gasteiger charge is 2.26. The molecule has 1 rings (SSSR count). The Labute approximate surface area is 137 Å². The largest absolute Gasteiger partial charge is 0.467 e. The molecule has 0 saturated carbocycles. The minimum absolute atomic E-state index is 0.00960. The Morgan fingerprint density at radius 1 is 1.45 bits per heavy atom. The highest BCUT2D eigenvalue weighted by atomic mass is 35.5. The molecule has 0 aliphatic rings. The molecule has 1 N–H and O–H groups in total. The number of carbonyl (C=O) groups is 2. The van der Waals surface area contributed by atoms with Crippen LogP contribution in [0.15, 0.2) is 11.0 Å². The average molecular weight is 350 g/mol. The highest BCUT2D eigenvalue weighted by Crippen LogP contribution is 2.14. The molecule has 1 aromatic rings. The molecule has 0 saturated heterocycles. The van der Waals surface area contributed by atoms with Crippen molar-refractivity contribution in [2.75, 3.05) is 7.11 Å². The molecule has 0 fully saturated rings. The lowest BCUT2D eigenvalue weighted by atomic mass is 9.99. The van der Waals surface area contributed by atoms with Crippen LogP contribution in [0.2, 0.25) is 10.0 Å². The van der Waals surface area contributed by atoms with Gasteiger partial charge in [-0.25, -0.2) is 9.48 Å². The number of methoxy groups -OCH3 is 1. The summed E-state index contributed by atoms with van der Waals surface area (Å²) in [4.78, 5) is 35.5. The minimum Gasteiger partial charge on any atom is -0.467 e. The number of esters is 1. The van der Waals surface area contributed by atoms with Crippen molar-refractivity contribution in [2.45, 2.75) is 32.9 Å². The van der Waals surface area contributed by atoms with Gasteiger partial charge in [-0.15, -0.1) is 0 Å². The first-order valence-electron chi connectivity index (χ1n) is 6.60. The summed E-state index contributed by atoms with van der Waals surface area (Å²) < 4.78 is 5.54. The maximum atomic E-state index is 12.0. The number of ether oxygens (including phenoxy) is 1. The number of hydrogen-bond donors (Lipinski definition) is 1. The lowest BCUT2D eigenvalue weighted by Crippen LogP contribution is -2.47. The molecule has 2 unspecified atom stereocenters. The van der Waals surface area contributed by atoms with Crippen molar-refractivity contribution in [3.63, 3.8) is 0 Å². The quantitative estimate of drug-likeness (QED) is 0.780. The van der Waals surface area contributed by atoms with Crippen LogP contribution in [0.5, 0.6) is 0 Å². The summed E-state index contributed by atoms with van der Waals surface area (Å²) in [6, 6.07) is -0.791. The van der Waals surface area contributed by atoms with Crippen molar-refractivity contribution in [1.29, 1.82) is 0 Å². The van der Waals surface area contributed by atoms with Gasteiger partial charge in [0.25, 0.3) is 5.56 Å². The van der Waals surface area contributed by atoms with Crippen LogP contribution in [-0.4, -0.2) is 34.8 Å². The zero-order valence-corrected chi connectivity index (χ0v) is 13.9. The van der Waals surface area contributed by atoms with Gasteiger partial charge in [0, 0.05) is 0 Å². The minimum atomic E-state index is -0.791. The Morgan fingerprint density at radius 2 is 2.09 bits per heavy atom. The topological polar surface area (TPSA) is 90.3 Å². The van der Waals surface area contributed by atoms with Crippen molar-refractivity contribution in [3.05, 3.63) is 26.6 Å². The second kappa shape index (κ2) is 8.14. The van der Waals surface area contributed by atoms with E-state index in [4.69, 9.17) is 23.2 Å². The fourth-order valence-electron chi connectivity index (χ4n) is 1.71. The van der Waals surface area contributed by atoms with Crippen molar-refractivity contribution in [1.82, 2.24) is 15.1 Å². The van der Waals surface area contributed by atoms with Crippen LogP contribution < -0.4 is 10.9 Å². The van der Waals surface area contributed by atoms with Gasteiger partial charge in [-0.1, -0.05) is 43.5 Å². The van der Waals surface area contributed by atoms with Gasteiger partial charge in [0.15, 0.2) is 0 Å². The van der Waals surface area contributed by atoms with Crippen molar-refractivity contribution >= 4 is 35.1 Å². The first-order valence-corrected chi connectivity index (χ1v) is 7.35. The molecule has 0 spiro atoms. The summed E-state index contributed by atoms with van der Waals surface area (Å²) >= 11 is 11.4. The number of aromatic nitrogens is 2. The van der Waals surface area contributed by atoms with Crippen molar-refractivity contribution < 1.29 is 14.3 Å². The van der Waals surface area contributed by atoms with Crippen molar-refractivity contribution in [2.24, 2.45) is 5.92 Å². The number of amides is 1. The number of halogens is 2. The van der Waals surface area contributed by atoms with Crippen LogP contribution in [0.1, 0.15) is 20.3 Å². The van der Waals surface area contributed by atoms with E-state index in [1.807, 2.05) is 13.8 Å². The Balaban J connectivity index is 2.86. The third-order valence-electron chi connectivity index (χ3n) is 3.22. The van der Waals surface area contributed by atoms with Gasteiger partial charge in [-0.3, -0.25) is 9.59 Å². The van der Waals surface area contributed by atoms with Crippen LogP contribution in [0.3, 0.4) is 0 Å². The fraction of sp³-hybridized carbons (Fsp3) is 0.538. The molecule has 9 heteroatoms. The number of hydrogen-bond acceptors (Lipinski definition) is 5. The summed E-state index contributed by atoms with van der Waals surface area (Å²) in [5.41, 5.74) is -0.678. The molecule has 0 aromatic carbocycles. The molecule has 0 aliphatic carbocycles. The second-order valence-electron chi connectivity index (χ2n) is 4.72. The molecule has 0 aliphatic heterocycles. The summed E-state index contributed by atoms with van der Waals surface area (Å²) in [5.74, 6) is -1.21. The molecule has 22 heavy (non-hydrogen) atoms. The lowest BCUT2D eigenvalue weighted by molar-refractivity contribution is -0.146. The van der Waals surface area contributed by atoms with Crippen LogP contribution in [0.25, 0.3) is 0 Å². The van der Waals surface area contributed by atoms with E-state index in [-0.39, 0.29) is 22.5 Å². The van der Waals surface area contributed by atoms with Crippen LogP contribution in [0.4, 0.5) is 0 Å². The standard InChI is InChI=1S/C13H17Cl2N3O4/c1-4-7(2)11(13(21)22-3)17-9(19)6-18-12(20)10(15)8(14)5-16-18/h5,7,11H,4,6H2,1-3H3,(H,17,19). The van der Waals surface area contributed by atoms with E-state index in [1.54, 1.807) is 0 Å². The normalized spacial score (nSPS) is 13.3. The predicted octanol–water partition coefficient (Wildman–Crippen LogP) is 1.25. The smallest absolute Gasteiger partial charge is 0.328 e. The summed E-state index contributed by atoms with van der Waals surface area (Å²) in [7, 11) is 1.24. The van der Waals surface area contributed by atoms with Crippen molar-refractivity contribution in [3.8, 4) is 0 Å². The summed E-state index contributed by atoms with van der Waals surface area (Å²) in [6.45, 7) is 3.32. The summed E-state index contributed by atoms with van der Waals surface area (Å²) in [6.07, 6.45) is 1.84. The third kappa shape index (κ3) is 4.45. The molecule has 1 amide bonds. The number of rotatable bonds is 6. The molecule has 122 valence electrons. The van der Waals surface area contributed by atoms with E-state index in [1.165, 1.54) is 13.3 Å². The Morgan fingerprint density at radius 3 is 2.64 bits per heavy atom. The molecule has 7 nitrogen and oxygen atoms in total. The fourth-order valence-corrected chi connectivity index (χ4v) is 1.98. The van der Waals surface area contributed by atoms with Gasteiger partial charge in [0.1, 0.15) is 17.6 Å². The molecular formula is C13H17Cl2N3O4. The van der Waals surface area contributed by atoms with E-state index < -0.39 is 23.5 Å². The third-order valence-corrected chi connectivity index (χ3v) is 3.97. The Kier molecular flexibility index (Phi) is 6.83. The first kappa shape index (κ1) is 18.4. The monoisotopic (exact) mass is 349 g/mol. The first-order chi connectivity index (χ1) is 10.3. The van der Waals surface area contributed by atoms with Crippen LogP contribution in [0, 0.1) is 5.92 Å². The molecule has 0 bridgehead atoms. The SMILES string of the molecule is CCC(C)C(NC(=O)Cn1ncc(Cl)c(Cl)c1=O)C(=O)OC. The Bertz CT molecular complexity index is 618. The van der Waals surface area contributed by atoms with E-state index in [0.29, 0.717) is 6.42 Å². The second-order valence-corrected chi connectivity index (χ2v) is 5.51. The molecule has 2 atom stereocenters. The molecule has 0 radical (unpaired) electrons. The van der Waals surface area contributed by atoms with E-state index in [2.05, 4.69) is 15.2 Å². The maximum Gasteiger partial charge on any atom is 0.328 e. The maximum absolute atomic E-state index is 12.0. The number of nitrogens with zero attached hydrogens (tertiary/aromatic N) is 2. The zero-order chi connectivity index (χ0) is 16.9. The van der Waals surface area contributed by atoms with Gasteiger partial charge in [0.05, 0.1) is 18.3 Å². The van der Waals surface area contributed by atoms with Gasteiger partial charge in [0.2, 0.25) is 5.91 Å². The Hall–Kier alpha value is -1.60. The highest BCUT2D eigenvalue weighted by molar-refractivity contribution is 6.41. The lowest BCUT2D eigenvalue weighted by Gasteiger charge is -2.21.